The quantitative estimate of drug-likeness (QED) is 0.620. The predicted octanol–water partition coefficient (Wildman–Crippen LogP) is 4.08. The number of nitro groups is 1. The van der Waals surface area contributed by atoms with Crippen LogP contribution in [0.15, 0.2) is 30.0 Å². The Morgan fingerprint density at radius 1 is 1.13 bits per heavy atom. The first kappa shape index (κ1) is 13.3. The average Bonchev–Trinajstić information content (AvgIpc) is 2.88. The highest BCUT2D eigenvalue weighted by Gasteiger charge is 2.45. The Kier molecular flexibility index (Phi) is 2.69. The summed E-state index contributed by atoms with van der Waals surface area (Å²) in [6.07, 6.45) is 10.3. The van der Waals surface area contributed by atoms with Gasteiger partial charge in [0, 0.05) is 6.07 Å². The van der Waals surface area contributed by atoms with Crippen LogP contribution in [0.25, 0.3) is 11.7 Å². The largest absolute Gasteiger partial charge is 0.358 e. The van der Waals surface area contributed by atoms with E-state index in [1.165, 1.54) is 37.7 Å². The van der Waals surface area contributed by atoms with Crippen molar-refractivity contribution in [2.75, 3.05) is 0 Å². The van der Waals surface area contributed by atoms with Crippen molar-refractivity contribution in [1.29, 1.82) is 0 Å². The van der Waals surface area contributed by atoms with Crippen LogP contribution in [-0.2, 0) is 0 Å². The van der Waals surface area contributed by atoms with Gasteiger partial charge in [0.1, 0.15) is 0 Å². The normalized spacial score (nSPS) is 31.7. The molecule has 2 aromatic rings. The topological polar surface area (TPSA) is 60.4 Å². The third-order valence-corrected chi connectivity index (χ3v) is 6.09. The summed E-state index contributed by atoms with van der Waals surface area (Å²) in [6.45, 7) is 0. The summed E-state index contributed by atoms with van der Waals surface area (Å²) in [6, 6.07) is 5.50. The number of hydrogen-bond acceptors (Lipinski definition) is 3. The molecule has 4 bridgehead atoms. The summed E-state index contributed by atoms with van der Waals surface area (Å²) < 4.78 is 1.59. The number of hydrogen-bond donors (Lipinski definition) is 0. The molecule has 0 amide bonds. The van der Waals surface area contributed by atoms with Crippen LogP contribution in [-0.4, -0.2) is 14.3 Å². The molecule has 0 aliphatic heterocycles. The van der Waals surface area contributed by atoms with E-state index in [0.717, 1.165) is 11.8 Å². The highest BCUT2D eigenvalue weighted by Crippen LogP contribution is 2.56. The Morgan fingerprint density at radius 2 is 1.83 bits per heavy atom. The first-order valence-electron chi connectivity index (χ1n) is 8.52. The number of imidazole rings is 1. The van der Waals surface area contributed by atoms with E-state index in [0.29, 0.717) is 23.2 Å². The maximum absolute atomic E-state index is 11.6. The van der Waals surface area contributed by atoms with Gasteiger partial charge in [-0.1, -0.05) is 11.6 Å². The molecule has 5 nitrogen and oxygen atoms in total. The van der Waals surface area contributed by atoms with Gasteiger partial charge in [-0.2, -0.15) is 4.40 Å². The van der Waals surface area contributed by atoms with Crippen molar-refractivity contribution < 1.29 is 4.92 Å². The number of aromatic nitrogens is 2. The molecular weight excluding hydrogens is 290 g/mol. The Bertz CT molecular complexity index is 806. The summed E-state index contributed by atoms with van der Waals surface area (Å²) in [5, 5.41) is 11.6. The van der Waals surface area contributed by atoms with Crippen LogP contribution in [0, 0.1) is 33.8 Å². The molecule has 118 valence electrons. The lowest BCUT2D eigenvalue weighted by Gasteiger charge is -2.51. The molecule has 0 unspecified atom stereocenters. The fourth-order valence-electron chi connectivity index (χ4n) is 5.40. The van der Waals surface area contributed by atoms with E-state index in [9.17, 15) is 10.1 Å². The first-order valence-corrected chi connectivity index (χ1v) is 8.52. The molecule has 23 heavy (non-hydrogen) atoms. The Balaban J connectivity index is 1.64. The van der Waals surface area contributed by atoms with E-state index < -0.39 is 0 Å². The SMILES string of the molecule is O=[N+]([O-])c1c(C=C2C3CC4CC(C3)CC2C4)nc2ccccn12. The molecule has 5 heteroatoms. The zero-order valence-corrected chi connectivity index (χ0v) is 12.9. The number of fused-ring (bicyclic) bond motifs is 1. The van der Waals surface area contributed by atoms with Crippen LogP contribution in [0.5, 0.6) is 0 Å². The maximum Gasteiger partial charge on any atom is 0.355 e. The fraction of sp³-hybridized carbons (Fsp3) is 0.500. The summed E-state index contributed by atoms with van der Waals surface area (Å²) in [4.78, 5) is 15.8. The molecule has 4 aliphatic carbocycles. The minimum Gasteiger partial charge on any atom is -0.358 e. The molecule has 0 atom stereocenters. The van der Waals surface area contributed by atoms with Gasteiger partial charge in [0.25, 0.3) is 0 Å². The van der Waals surface area contributed by atoms with Gasteiger partial charge >= 0.3 is 5.82 Å². The Hall–Kier alpha value is -2.17. The van der Waals surface area contributed by atoms with Crippen molar-refractivity contribution in [2.24, 2.45) is 23.7 Å². The van der Waals surface area contributed by atoms with Gasteiger partial charge in [0.2, 0.25) is 5.65 Å². The van der Waals surface area contributed by atoms with Crippen molar-refractivity contribution in [3.05, 3.63) is 45.8 Å². The van der Waals surface area contributed by atoms with Crippen LogP contribution < -0.4 is 0 Å². The molecule has 4 saturated carbocycles. The maximum atomic E-state index is 11.6. The molecule has 0 saturated heterocycles. The van der Waals surface area contributed by atoms with Crippen LogP contribution in [0.3, 0.4) is 0 Å². The lowest BCUT2D eigenvalue weighted by molar-refractivity contribution is -0.390. The number of pyridine rings is 1. The minimum atomic E-state index is -0.303. The van der Waals surface area contributed by atoms with E-state index >= 15 is 0 Å². The van der Waals surface area contributed by atoms with Gasteiger partial charge in [-0.3, -0.25) is 0 Å². The lowest BCUT2D eigenvalue weighted by atomic mass is 9.54. The molecule has 0 spiro atoms. The van der Waals surface area contributed by atoms with Gasteiger partial charge in [0.05, 0.1) is 6.20 Å². The van der Waals surface area contributed by atoms with Crippen LogP contribution in [0.4, 0.5) is 5.82 Å². The standard InChI is InChI=1S/C18H19N3O2/c22-21(23)18-16(19-17-3-1-2-4-20(17)18)10-15-13-6-11-5-12(8-13)9-14(15)7-11/h1-4,10-14H,5-9H2. The molecule has 4 fully saturated rings. The fourth-order valence-corrected chi connectivity index (χ4v) is 5.40. The number of allylic oxidation sites excluding steroid dienone is 1. The van der Waals surface area contributed by atoms with Crippen LogP contribution in [0.2, 0.25) is 0 Å². The van der Waals surface area contributed by atoms with E-state index in [4.69, 9.17) is 0 Å². The van der Waals surface area contributed by atoms with Crippen LogP contribution in [0.1, 0.15) is 37.8 Å². The molecule has 2 aromatic heterocycles. The first-order chi connectivity index (χ1) is 11.2. The molecule has 0 N–H and O–H groups in total. The molecule has 4 aliphatic rings. The van der Waals surface area contributed by atoms with Crippen molar-refractivity contribution >= 4 is 17.5 Å². The van der Waals surface area contributed by atoms with Gasteiger partial charge in [0.15, 0.2) is 5.69 Å². The summed E-state index contributed by atoms with van der Waals surface area (Å²) in [5.74, 6) is 3.16. The van der Waals surface area contributed by atoms with E-state index in [1.807, 2.05) is 18.2 Å². The zero-order valence-electron chi connectivity index (χ0n) is 12.9. The highest BCUT2D eigenvalue weighted by atomic mass is 16.6. The molecular formula is C18H19N3O2. The van der Waals surface area contributed by atoms with Crippen molar-refractivity contribution in [2.45, 2.75) is 32.1 Å². The third-order valence-electron chi connectivity index (χ3n) is 6.09. The van der Waals surface area contributed by atoms with Gasteiger partial charge in [-0.25, -0.2) is 4.98 Å². The van der Waals surface area contributed by atoms with Gasteiger partial charge in [-0.15, -0.1) is 0 Å². The summed E-state index contributed by atoms with van der Waals surface area (Å²) in [5.41, 5.74) is 2.61. The zero-order chi connectivity index (χ0) is 15.6. The average molecular weight is 309 g/mol. The number of nitrogens with zero attached hydrogens (tertiary/aromatic N) is 3. The molecule has 0 radical (unpaired) electrons. The third kappa shape index (κ3) is 1.95. The van der Waals surface area contributed by atoms with Crippen molar-refractivity contribution in [3.63, 3.8) is 0 Å². The van der Waals surface area contributed by atoms with Gasteiger partial charge < -0.3 is 10.1 Å². The highest BCUT2D eigenvalue weighted by molar-refractivity contribution is 5.64. The lowest BCUT2D eigenvalue weighted by Crippen LogP contribution is -2.40. The Labute approximate surface area is 134 Å². The van der Waals surface area contributed by atoms with Crippen molar-refractivity contribution in [3.8, 4) is 0 Å². The monoisotopic (exact) mass is 309 g/mol. The molecule has 0 aromatic carbocycles. The second-order valence-electron chi connectivity index (χ2n) is 7.46. The number of rotatable bonds is 2. The molecule has 2 heterocycles. The molecule has 6 rings (SSSR count). The summed E-state index contributed by atoms with van der Waals surface area (Å²) >= 11 is 0. The van der Waals surface area contributed by atoms with Gasteiger partial charge in [-0.05, 0) is 72.8 Å². The van der Waals surface area contributed by atoms with E-state index in [-0.39, 0.29) is 10.7 Å². The second kappa shape index (κ2) is 4.66. The predicted molar refractivity (Wildman–Crippen MR) is 86.9 cm³/mol. The Morgan fingerprint density at radius 3 is 2.48 bits per heavy atom. The second-order valence-corrected chi connectivity index (χ2v) is 7.46. The minimum absolute atomic E-state index is 0.0990. The van der Waals surface area contributed by atoms with Crippen molar-refractivity contribution in [1.82, 2.24) is 9.38 Å². The smallest absolute Gasteiger partial charge is 0.355 e. The van der Waals surface area contributed by atoms with E-state index in [1.54, 1.807) is 10.6 Å². The summed E-state index contributed by atoms with van der Waals surface area (Å²) in [7, 11) is 0. The van der Waals surface area contributed by atoms with Crippen LogP contribution >= 0.6 is 0 Å². The van der Waals surface area contributed by atoms with E-state index in [2.05, 4.69) is 11.1 Å².